The van der Waals surface area contributed by atoms with E-state index in [0.717, 1.165) is 39.1 Å². The molecule has 2 unspecified atom stereocenters. The van der Waals surface area contributed by atoms with Crippen LogP contribution < -0.4 is 10.6 Å². The van der Waals surface area contributed by atoms with Crippen LogP contribution in [-0.4, -0.2) is 99.5 Å². The zero-order valence-electron chi connectivity index (χ0n) is 43.7. The lowest BCUT2D eigenvalue weighted by atomic mass is 9.80. The van der Waals surface area contributed by atoms with Crippen LogP contribution in [0.4, 0.5) is 11.4 Å². The summed E-state index contributed by atoms with van der Waals surface area (Å²) in [6.45, 7) is 15.4. The van der Waals surface area contributed by atoms with Gasteiger partial charge in [-0.3, -0.25) is 34.8 Å². The maximum absolute atomic E-state index is 13.8. The zero-order valence-corrected chi connectivity index (χ0v) is 45.3. The SMILES string of the molecule is CC1(O)CCN(Cc2ccccc2)C1.COC(=O)C1=C(C)NC(C)=C(C(=O)Cl)[C@@H]1c1cccc([N+](=O)[O-])c1.COC(=O)C1=C(C)NC(C)=C(C(=O)OC2(C)CCN(Cc3ccccc3)C2)[C@@H]1c1cccc([N+](=O)[O-])c1.Cl. The number of β-amino-alcohol motifs (C(OH)–C–C–N with tert-alkyl or cyclic N) is 1. The predicted molar refractivity (Wildman–Crippen MR) is 289 cm³/mol. The number of hydrogen-bond donors (Lipinski definition) is 3. The number of benzene rings is 4. The summed E-state index contributed by atoms with van der Waals surface area (Å²) in [5.74, 6) is -3.56. The van der Waals surface area contributed by atoms with E-state index in [0.29, 0.717) is 46.9 Å². The first-order valence-corrected chi connectivity index (χ1v) is 24.6. The molecule has 0 radical (unpaired) electrons. The number of dihydropyridines is 2. The molecule has 2 saturated heterocycles. The van der Waals surface area contributed by atoms with Crippen LogP contribution >= 0.6 is 24.0 Å². The number of aliphatic hydroxyl groups is 1. The van der Waals surface area contributed by atoms with Gasteiger partial charge in [-0.15, -0.1) is 12.4 Å². The fraction of sp³-hybridized carbons (Fsp3) is 0.357. The first-order chi connectivity index (χ1) is 35.5. The third-order valence-electron chi connectivity index (χ3n) is 13.5. The standard InChI is InChI=1S/C28H31N3O6.C16H15ClN2O5.C12H17NO.ClH/c1-18-23(26(32)36-4)25(21-11-8-12-22(15-21)31(34)35)24(19(2)29-18)27(33)37-28(3)13-14-30(17-28)16-20-9-6-5-7-10-20;1-8-12(15(17)20)14(13(9(2)18-8)16(21)24-3)10-5-4-6-11(7-10)19(22)23;1-12(14)7-8-13(10-12)9-11-5-3-2-4-6-11;/h5-12,15,25,29H,13-14,16-17H2,1-4H3;4-7,14,18H,1-3H3;2-6,14H,7-10H2,1H3;1H/t25-,28?;14-;;/m10../s1. The monoisotopic (exact) mass is 1080 g/mol. The Morgan fingerprint density at radius 1 is 0.618 bits per heavy atom. The van der Waals surface area contributed by atoms with Gasteiger partial charge in [-0.1, -0.05) is 84.9 Å². The Hall–Kier alpha value is -7.22. The Kier molecular flexibility index (Phi) is 20.4. The topological polar surface area (TPSA) is 233 Å². The highest BCUT2D eigenvalue weighted by molar-refractivity contribution is 6.68. The fourth-order valence-electron chi connectivity index (χ4n) is 9.96. The van der Waals surface area contributed by atoms with E-state index < -0.39 is 56.0 Å². The van der Waals surface area contributed by atoms with Gasteiger partial charge in [0, 0.05) is 104 Å². The van der Waals surface area contributed by atoms with Crippen molar-refractivity contribution >= 4 is 58.5 Å². The molecular formula is C56H64Cl2N6O12. The molecule has 20 heteroatoms. The maximum atomic E-state index is 13.8. The fourth-order valence-corrected chi connectivity index (χ4v) is 10.2. The van der Waals surface area contributed by atoms with E-state index in [1.165, 1.54) is 61.7 Å². The lowest BCUT2D eigenvalue weighted by Crippen LogP contribution is -2.38. The summed E-state index contributed by atoms with van der Waals surface area (Å²) < 4.78 is 15.9. The number of hydrogen-bond acceptors (Lipinski definition) is 16. The molecule has 0 bridgehead atoms. The number of nitrogens with zero attached hydrogens (tertiary/aromatic N) is 4. The number of ether oxygens (including phenoxy) is 3. The summed E-state index contributed by atoms with van der Waals surface area (Å²) in [6.07, 6.45) is 1.55. The molecule has 4 heterocycles. The molecular weight excluding hydrogens is 1020 g/mol. The van der Waals surface area contributed by atoms with Gasteiger partial charge in [0.25, 0.3) is 16.6 Å². The summed E-state index contributed by atoms with van der Waals surface area (Å²) in [6, 6.07) is 32.2. The van der Waals surface area contributed by atoms with Crippen molar-refractivity contribution in [3.05, 3.63) is 197 Å². The summed E-state index contributed by atoms with van der Waals surface area (Å²) in [4.78, 5) is 76.7. The van der Waals surface area contributed by atoms with Crippen molar-refractivity contribution in [1.29, 1.82) is 0 Å². The van der Waals surface area contributed by atoms with Gasteiger partial charge < -0.3 is 30.0 Å². The number of rotatable bonds is 13. The number of carbonyl (C=O) groups excluding carboxylic acids is 4. The van der Waals surface area contributed by atoms with Crippen LogP contribution in [0.2, 0.25) is 0 Å². The minimum Gasteiger partial charge on any atom is -0.466 e. The normalized spacial score (nSPS) is 21.4. The number of nitro benzene ring substituents is 2. The van der Waals surface area contributed by atoms with Gasteiger partial charge in [-0.2, -0.15) is 0 Å². The van der Waals surface area contributed by atoms with Crippen LogP contribution in [0.15, 0.2) is 154 Å². The molecule has 0 spiro atoms. The first-order valence-electron chi connectivity index (χ1n) is 24.3. The van der Waals surface area contributed by atoms with Gasteiger partial charge in [0.05, 0.1) is 52.3 Å². The summed E-state index contributed by atoms with van der Waals surface area (Å²) in [5.41, 5.74) is 4.66. The smallest absolute Gasteiger partial charge is 0.337 e. The van der Waals surface area contributed by atoms with Crippen molar-refractivity contribution in [1.82, 2.24) is 20.4 Å². The highest BCUT2D eigenvalue weighted by Gasteiger charge is 2.43. The zero-order chi connectivity index (χ0) is 54.8. The number of nitro groups is 2. The molecule has 4 aromatic carbocycles. The molecule has 404 valence electrons. The largest absolute Gasteiger partial charge is 0.466 e. The number of esters is 3. The lowest BCUT2D eigenvalue weighted by Gasteiger charge is -2.32. The Morgan fingerprint density at radius 2 is 1.01 bits per heavy atom. The van der Waals surface area contributed by atoms with Gasteiger partial charge in [0.15, 0.2) is 0 Å². The van der Waals surface area contributed by atoms with E-state index in [1.807, 2.05) is 38.1 Å². The molecule has 4 aromatic rings. The van der Waals surface area contributed by atoms with Gasteiger partial charge >= 0.3 is 17.9 Å². The van der Waals surface area contributed by atoms with Crippen molar-refractivity contribution in [2.45, 2.75) is 90.5 Å². The van der Waals surface area contributed by atoms with E-state index in [2.05, 4.69) is 56.8 Å². The molecule has 0 amide bonds. The van der Waals surface area contributed by atoms with Gasteiger partial charge in [0.1, 0.15) is 5.60 Å². The number of nitrogens with one attached hydrogen (secondary N) is 2. The molecule has 8 rings (SSSR count). The third-order valence-corrected chi connectivity index (χ3v) is 13.7. The Labute approximate surface area is 453 Å². The Balaban J connectivity index is 0.000000233. The van der Waals surface area contributed by atoms with Crippen LogP contribution in [0, 0.1) is 20.2 Å². The van der Waals surface area contributed by atoms with Crippen LogP contribution in [0.25, 0.3) is 0 Å². The number of carbonyl (C=O) groups is 4. The van der Waals surface area contributed by atoms with Crippen LogP contribution in [0.1, 0.15) is 88.5 Å². The highest BCUT2D eigenvalue weighted by atomic mass is 35.5. The van der Waals surface area contributed by atoms with Crippen molar-refractivity contribution in [3.8, 4) is 0 Å². The van der Waals surface area contributed by atoms with E-state index in [4.69, 9.17) is 25.8 Å². The minimum absolute atomic E-state index is 0. The molecule has 18 nitrogen and oxygen atoms in total. The Morgan fingerprint density at radius 3 is 1.41 bits per heavy atom. The van der Waals surface area contributed by atoms with Crippen molar-refractivity contribution in [3.63, 3.8) is 0 Å². The van der Waals surface area contributed by atoms with Gasteiger partial charge in [-0.25, -0.2) is 14.4 Å². The summed E-state index contributed by atoms with van der Waals surface area (Å²) in [7, 11) is 2.48. The molecule has 0 saturated carbocycles. The second-order valence-corrected chi connectivity index (χ2v) is 19.8. The molecule has 4 aliphatic heterocycles. The van der Waals surface area contributed by atoms with Gasteiger partial charge in [0.2, 0.25) is 0 Å². The number of halogens is 2. The molecule has 0 aromatic heterocycles. The average molecular weight is 1080 g/mol. The van der Waals surface area contributed by atoms with E-state index in [-0.39, 0.29) is 46.1 Å². The van der Waals surface area contributed by atoms with Crippen LogP contribution in [-0.2, 0) is 46.5 Å². The molecule has 2 fully saturated rings. The average Bonchev–Trinajstić information content (AvgIpc) is 3.92. The number of allylic oxidation sites excluding steroid dienone is 5. The quantitative estimate of drug-likeness (QED) is 0.0372. The molecule has 3 N–H and O–H groups in total. The van der Waals surface area contributed by atoms with Crippen molar-refractivity contribution in [2.24, 2.45) is 0 Å². The van der Waals surface area contributed by atoms with Crippen molar-refractivity contribution < 1.29 is 48.3 Å². The third kappa shape index (κ3) is 14.8. The second kappa shape index (κ2) is 26.0. The number of non-ortho nitro benzene ring substituents is 2. The minimum atomic E-state index is -0.883. The lowest BCUT2D eigenvalue weighted by molar-refractivity contribution is -0.385. The predicted octanol–water partition coefficient (Wildman–Crippen LogP) is 9.04. The molecule has 0 aliphatic carbocycles. The van der Waals surface area contributed by atoms with E-state index in [1.54, 1.807) is 39.8 Å². The Bertz CT molecular complexity index is 2960. The summed E-state index contributed by atoms with van der Waals surface area (Å²) >= 11 is 5.71. The molecule has 76 heavy (non-hydrogen) atoms. The van der Waals surface area contributed by atoms with Gasteiger partial charge in [-0.05, 0) is 81.8 Å². The maximum Gasteiger partial charge on any atom is 0.337 e. The van der Waals surface area contributed by atoms with E-state index in [9.17, 15) is 44.5 Å². The van der Waals surface area contributed by atoms with E-state index >= 15 is 0 Å². The number of likely N-dealkylation sites (tertiary alicyclic amines) is 2. The first kappa shape index (κ1) is 59.7. The second-order valence-electron chi connectivity index (χ2n) is 19.5. The number of methoxy groups -OCH3 is 2. The molecule has 4 atom stereocenters. The summed E-state index contributed by atoms with van der Waals surface area (Å²) in [5, 5.41) is 37.6. The van der Waals surface area contributed by atoms with Crippen molar-refractivity contribution in [2.75, 3.05) is 40.4 Å². The van der Waals surface area contributed by atoms with Crippen LogP contribution in [0.3, 0.4) is 0 Å². The van der Waals surface area contributed by atoms with Crippen LogP contribution in [0.5, 0.6) is 0 Å². The molecule has 4 aliphatic rings. The highest BCUT2D eigenvalue weighted by Crippen LogP contribution is 2.43.